The van der Waals surface area contributed by atoms with Crippen LogP contribution in [0.2, 0.25) is 0 Å². The lowest BCUT2D eigenvalue weighted by atomic mass is 10.3. The lowest BCUT2D eigenvalue weighted by Crippen LogP contribution is -2.49. The van der Waals surface area contributed by atoms with Gasteiger partial charge in [-0.1, -0.05) is 0 Å². The Labute approximate surface area is 141 Å². The molecule has 0 aliphatic carbocycles. The van der Waals surface area contributed by atoms with E-state index in [1.807, 2.05) is 0 Å². The first-order chi connectivity index (χ1) is 11.4. The van der Waals surface area contributed by atoms with Crippen LogP contribution >= 0.6 is 0 Å². The number of nitrogens with zero attached hydrogens (tertiary/aromatic N) is 3. The smallest absolute Gasteiger partial charge is 0.243 e. The second kappa shape index (κ2) is 6.52. The van der Waals surface area contributed by atoms with Crippen molar-refractivity contribution in [2.45, 2.75) is 24.7 Å². The Hall–Kier alpha value is -1.93. The van der Waals surface area contributed by atoms with Crippen molar-refractivity contribution in [1.29, 1.82) is 0 Å². The normalized spacial score (nSPS) is 19.8. The molecular weight excluding hydrogens is 330 g/mol. The number of hydrogen-bond acceptors (Lipinski definition) is 4. The largest absolute Gasteiger partial charge is 0.340 e. The average Bonchev–Trinajstić information content (AvgIpc) is 3.01. The predicted octanol–water partition coefficient (Wildman–Crippen LogP) is 0.666. The van der Waals surface area contributed by atoms with Crippen LogP contribution in [0.5, 0.6) is 0 Å². The highest BCUT2D eigenvalue weighted by molar-refractivity contribution is 7.89. The quantitative estimate of drug-likeness (QED) is 0.802. The maximum atomic E-state index is 12.7. The predicted molar refractivity (Wildman–Crippen MR) is 89.0 cm³/mol. The second-order valence-electron chi connectivity index (χ2n) is 6.05. The molecule has 2 saturated heterocycles. The summed E-state index contributed by atoms with van der Waals surface area (Å²) >= 11 is 0. The van der Waals surface area contributed by atoms with Crippen molar-refractivity contribution in [1.82, 2.24) is 9.21 Å². The average molecular weight is 351 g/mol. The highest BCUT2D eigenvalue weighted by Crippen LogP contribution is 2.24. The van der Waals surface area contributed by atoms with Crippen LogP contribution < -0.4 is 4.90 Å². The molecule has 1 aromatic rings. The van der Waals surface area contributed by atoms with Crippen molar-refractivity contribution in [2.24, 2.45) is 0 Å². The van der Waals surface area contributed by atoms with Gasteiger partial charge in [0, 0.05) is 51.8 Å². The van der Waals surface area contributed by atoms with E-state index in [4.69, 9.17) is 0 Å². The molecule has 0 bridgehead atoms. The zero-order chi connectivity index (χ0) is 17.3. The van der Waals surface area contributed by atoms with E-state index >= 15 is 0 Å². The van der Waals surface area contributed by atoms with Crippen LogP contribution in [0.1, 0.15) is 19.8 Å². The molecule has 7 nitrogen and oxygen atoms in total. The monoisotopic (exact) mass is 351 g/mol. The van der Waals surface area contributed by atoms with E-state index in [9.17, 15) is 18.0 Å². The third-order valence-electron chi connectivity index (χ3n) is 4.54. The molecule has 0 radical (unpaired) electrons. The topological polar surface area (TPSA) is 78.0 Å². The Morgan fingerprint density at radius 1 is 1.00 bits per heavy atom. The van der Waals surface area contributed by atoms with E-state index < -0.39 is 10.0 Å². The molecule has 0 N–H and O–H groups in total. The van der Waals surface area contributed by atoms with Crippen LogP contribution in [0, 0.1) is 0 Å². The molecular formula is C16H21N3O4S. The third kappa shape index (κ3) is 3.16. The van der Waals surface area contributed by atoms with Gasteiger partial charge in [-0.25, -0.2) is 8.42 Å². The first kappa shape index (κ1) is 16.9. The van der Waals surface area contributed by atoms with E-state index in [-0.39, 0.29) is 16.7 Å². The number of rotatable bonds is 3. The van der Waals surface area contributed by atoms with Gasteiger partial charge in [-0.3, -0.25) is 9.59 Å². The highest BCUT2D eigenvalue weighted by atomic mass is 32.2. The van der Waals surface area contributed by atoms with Gasteiger partial charge in [-0.2, -0.15) is 4.31 Å². The summed E-state index contributed by atoms with van der Waals surface area (Å²) in [6.07, 6.45) is 1.37. The summed E-state index contributed by atoms with van der Waals surface area (Å²) in [5.74, 6) is 0.0395. The van der Waals surface area contributed by atoms with Gasteiger partial charge in [0.2, 0.25) is 21.8 Å². The molecule has 0 saturated carbocycles. The fourth-order valence-electron chi connectivity index (χ4n) is 3.11. The van der Waals surface area contributed by atoms with E-state index in [0.29, 0.717) is 39.1 Å². The van der Waals surface area contributed by atoms with Crippen molar-refractivity contribution in [3.63, 3.8) is 0 Å². The van der Waals surface area contributed by atoms with E-state index in [2.05, 4.69) is 0 Å². The Balaban J connectivity index is 1.73. The number of piperazine rings is 1. The first-order valence-corrected chi connectivity index (χ1v) is 9.50. The number of carbonyl (C=O) groups excluding carboxylic acids is 2. The molecule has 130 valence electrons. The van der Waals surface area contributed by atoms with Crippen molar-refractivity contribution < 1.29 is 18.0 Å². The molecule has 0 spiro atoms. The lowest BCUT2D eigenvalue weighted by molar-refractivity contribution is -0.130. The highest BCUT2D eigenvalue weighted by Gasteiger charge is 2.29. The van der Waals surface area contributed by atoms with Gasteiger partial charge in [0.1, 0.15) is 0 Å². The minimum Gasteiger partial charge on any atom is -0.340 e. The summed E-state index contributed by atoms with van der Waals surface area (Å²) in [5, 5.41) is 0. The molecule has 8 heteroatoms. The van der Waals surface area contributed by atoms with Crippen LogP contribution in [0.4, 0.5) is 5.69 Å². The Bertz CT molecular complexity index is 737. The van der Waals surface area contributed by atoms with Gasteiger partial charge in [0.25, 0.3) is 0 Å². The van der Waals surface area contributed by atoms with Gasteiger partial charge in [-0.15, -0.1) is 0 Å². The molecule has 2 amide bonds. The zero-order valence-corrected chi connectivity index (χ0v) is 14.5. The number of benzene rings is 1. The molecule has 24 heavy (non-hydrogen) atoms. The number of carbonyl (C=O) groups is 2. The Morgan fingerprint density at radius 3 is 2.12 bits per heavy atom. The molecule has 2 aliphatic heterocycles. The summed E-state index contributed by atoms with van der Waals surface area (Å²) in [7, 11) is -3.57. The van der Waals surface area contributed by atoms with Crippen molar-refractivity contribution in [3.05, 3.63) is 24.3 Å². The lowest BCUT2D eigenvalue weighted by Gasteiger charge is -2.33. The van der Waals surface area contributed by atoms with E-state index in [0.717, 1.165) is 12.1 Å². The number of hydrogen-bond donors (Lipinski definition) is 0. The summed E-state index contributed by atoms with van der Waals surface area (Å²) in [5.41, 5.74) is 0.734. The molecule has 3 rings (SSSR count). The maximum Gasteiger partial charge on any atom is 0.243 e. The SMILES string of the molecule is CC(=O)N1CCN(S(=O)(=O)c2ccc(N3CCCC3=O)cc2)CC1. The standard InChI is InChI=1S/C16H21N3O4S/c1-13(20)17-9-11-18(12-10-17)24(22,23)15-6-4-14(5-7-15)19-8-2-3-16(19)21/h4-7H,2-3,8-12H2,1H3. The number of amides is 2. The van der Waals surface area contributed by atoms with E-state index in [1.165, 1.54) is 11.2 Å². The molecule has 0 aromatic heterocycles. The molecule has 2 fully saturated rings. The minimum absolute atomic E-state index is 0.0355. The molecule has 0 atom stereocenters. The van der Waals surface area contributed by atoms with Crippen LogP contribution in [0.25, 0.3) is 0 Å². The third-order valence-corrected chi connectivity index (χ3v) is 6.46. The van der Waals surface area contributed by atoms with E-state index in [1.54, 1.807) is 34.1 Å². The number of anilines is 1. The van der Waals surface area contributed by atoms with Crippen molar-refractivity contribution in [2.75, 3.05) is 37.6 Å². The Kier molecular flexibility index (Phi) is 4.60. The minimum atomic E-state index is -3.57. The van der Waals surface area contributed by atoms with Gasteiger partial charge >= 0.3 is 0 Å². The zero-order valence-electron chi connectivity index (χ0n) is 13.6. The second-order valence-corrected chi connectivity index (χ2v) is 7.99. The molecule has 0 unspecified atom stereocenters. The fourth-order valence-corrected chi connectivity index (χ4v) is 4.53. The Morgan fingerprint density at radius 2 is 1.62 bits per heavy atom. The first-order valence-electron chi connectivity index (χ1n) is 8.06. The number of sulfonamides is 1. The van der Waals surface area contributed by atoms with Gasteiger partial charge in [-0.05, 0) is 30.7 Å². The van der Waals surface area contributed by atoms with Crippen LogP contribution in [0.15, 0.2) is 29.2 Å². The van der Waals surface area contributed by atoms with Crippen molar-refractivity contribution in [3.8, 4) is 0 Å². The van der Waals surface area contributed by atoms with Gasteiger partial charge in [0.05, 0.1) is 4.90 Å². The molecule has 2 aliphatic rings. The molecule has 1 aromatic carbocycles. The summed E-state index contributed by atoms with van der Waals surface area (Å²) in [6.45, 7) is 3.59. The van der Waals surface area contributed by atoms with Gasteiger partial charge < -0.3 is 9.80 Å². The summed E-state index contributed by atoms with van der Waals surface area (Å²) < 4.78 is 26.8. The maximum absolute atomic E-state index is 12.7. The van der Waals surface area contributed by atoms with Crippen LogP contribution in [-0.4, -0.2) is 62.2 Å². The summed E-state index contributed by atoms with van der Waals surface area (Å²) in [4.78, 5) is 26.6. The van der Waals surface area contributed by atoms with Crippen molar-refractivity contribution >= 4 is 27.5 Å². The van der Waals surface area contributed by atoms with Gasteiger partial charge in [0.15, 0.2) is 0 Å². The van der Waals surface area contributed by atoms with Crippen LogP contribution in [0.3, 0.4) is 0 Å². The molecule has 2 heterocycles. The van der Waals surface area contributed by atoms with Crippen LogP contribution in [-0.2, 0) is 19.6 Å². The fraction of sp³-hybridized carbons (Fsp3) is 0.500. The summed E-state index contributed by atoms with van der Waals surface area (Å²) in [6, 6.07) is 6.46.